The maximum absolute atomic E-state index is 2.16. The summed E-state index contributed by atoms with van der Waals surface area (Å²) in [4.78, 5) is 0. The van der Waals surface area contributed by atoms with Crippen LogP contribution in [0.25, 0.3) is 0 Å². The number of rotatable bonds is 1. The van der Waals surface area contributed by atoms with E-state index in [0.717, 1.165) is 4.48 Å². The van der Waals surface area contributed by atoms with Crippen LogP contribution in [0.4, 0.5) is 5.69 Å². The van der Waals surface area contributed by atoms with E-state index in [-0.39, 0.29) is 8.41 Å². The van der Waals surface area contributed by atoms with Crippen LogP contribution < -0.4 is 4.48 Å². The van der Waals surface area contributed by atoms with E-state index in [1.807, 2.05) is 6.07 Å². The molecule has 11 heavy (non-hydrogen) atoms. The van der Waals surface area contributed by atoms with Gasteiger partial charge in [0.05, 0.1) is 21.1 Å². The molecule has 0 spiro atoms. The third-order valence-corrected chi connectivity index (χ3v) is 1.53. The molecule has 1 aromatic carbocycles. The van der Waals surface area contributed by atoms with Crippen LogP contribution in [0.2, 0.25) is 0 Å². The standard InChI is InChI=1S/C9H14N.B/c1-10(2,3)9-7-5-4-6-8-9;/h4-8H,1-3H3;/q+1;. The smallest absolute Gasteiger partial charge is 0.132 e. The Bertz CT molecular complexity index is 201. The first-order chi connectivity index (χ1) is 4.61. The zero-order valence-corrected chi connectivity index (χ0v) is 7.41. The Balaban J connectivity index is 0.000001000. The second-order valence-corrected chi connectivity index (χ2v) is 3.35. The molecule has 0 amide bonds. The van der Waals surface area contributed by atoms with E-state index >= 15 is 0 Å². The van der Waals surface area contributed by atoms with Crippen molar-refractivity contribution in [1.29, 1.82) is 0 Å². The van der Waals surface area contributed by atoms with Gasteiger partial charge < -0.3 is 0 Å². The van der Waals surface area contributed by atoms with Crippen LogP contribution >= 0.6 is 0 Å². The summed E-state index contributed by atoms with van der Waals surface area (Å²) in [5.74, 6) is 0. The van der Waals surface area contributed by atoms with Crippen molar-refractivity contribution in [3.05, 3.63) is 30.3 Å². The molecule has 0 saturated heterocycles. The Morgan fingerprint density at radius 2 is 1.36 bits per heavy atom. The van der Waals surface area contributed by atoms with Gasteiger partial charge >= 0.3 is 0 Å². The van der Waals surface area contributed by atoms with Crippen molar-refractivity contribution in [2.24, 2.45) is 0 Å². The number of nitrogens with zero attached hydrogens (tertiary/aromatic N) is 1. The minimum atomic E-state index is 0. The summed E-state index contributed by atoms with van der Waals surface area (Å²) in [5, 5.41) is 0. The van der Waals surface area contributed by atoms with Gasteiger partial charge in [0.2, 0.25) is 0 Å². The molecule has 1 nitrogen and oxygen atoms in total. The van der Waals surface area contributed by atoms with E-state index in [0.29, 0.717) is 0 Å². The van der Waals surface area contributed by atoms with Gasteiger partial charge in [-0.2, -0.15) is 0 Å². The van der Waals surface area contributed by atoms with Crippen LogP contribution in [0.5, 0.6) is 0 Å². The quantitative estimate of drug-likeness (QED) is 0.417. The summed E-state index contributed by atoms with van der Waals surface area (Å²) < 4.78 is 0.890. The Morgan fingerprint density at radius 3 is 1.64 bits per heavy atom. The molecule has 0 atom stereocenters. The second-order valence-electron chi connectivity index (χ2n) is 3.35. The molecule has 0 aliphatic heterocycles. The van der Waals surface area contributed by atoms with E-state index in [2.05, 4.69) is 45.4 Å². The van der Waals surface area contributed by atoms with Crippen molar-refractivity contribution < 1.29 is 0 Å². The van der Waals surface area contributed by atoms with Gasteiger partial charge in [0, 0.05) is 8.41 Å². The van der Waals surface area contributed by atoms with Gasteiger partial charge in [-0.1, -0.05) is 18.2 Å². The number of hydrogen-bond acceptors (Lipinski definition) is 0. The van der Waals surface area contributed by atoms with Gasteiger partial charge in [-0.25, -0.2) is 0 Å². The average Bonchev–Trinajstić information content (AvgIpc) is 1.88. The van der Waals surface area contributed by atoms with Crippen LogP contribution in [-0.4, -0.2) is 29.6 Å². The molecule has 0 N–H and O–H groups in total. The average molecular weight is 147 g/mol. The lowest BCUT2D eigenvalue weighted by Gasteiger charge is -2.22. The third kappa shape index (κ3) is 2.77. The molecule has 57 valence electrons. The monoisotopic (exact) mass is 147 g/mol. The van der Waals surface area contributed by atoms with E-state index in [1.54, 1.807) is 0 Å². The first kappa shape index (κ1) is 10.2. The fourth-order valence-electron chi connectivity index (χ4n) is 0.875. The van der Waals surface area contributed by atoms with Crippen molar-refractivity contribution >= 4 is 14.1 Å². The van der Waals surface area contributed by atoms with E-state index in [4.69, 9.17) is 0 Å². The Hall–Kier alpha value is -0.755. The highest BCUT2D eigenvalue weighted by molar-refractivity contribution is 5.75. The molecule has 0 aromatic heterocycles. The Morgan fingerprint density at radius 1 is 0.909 bits per heavy atom. The predicted octanol–water partition coefficient (Wildman–Crippen LogP) is 1.50. The predicted molar refractivity (Wildman–Crippen MR) is 51.8 cm³/mol. The number of para-hydroxylation sites is 1. The van der Waals surface area contributed by atoms with Gasteiger partial charge in [0.25, 0.3) is 0 Å². The van der Waals surface area contributed by atoms with Gasteiger partial charge in [0.15, 0.2) is 0 Å². The molecule has 1 rings (SSSR count). The molecule has 0 heterocycles. The van der Waals surface area contributed by atoms with E-state index in [1.165, 1.54) is 5.69 Å². The maximum Gasteiger partial charge on any atom is 0.132 e. The first-order valence-corrected chi connectivity index (χ1v) is 3.48. The van der Waals surface area contributed by atoms with Gasteiger partial charge in [0.1, 0.15) is 5.69 Å². The lowest BCUT2D eigenvalue weighted by molar-refractivity contribution is 0.486. The molecule has 3 radical (unpaired) electrons. The van der Waals surface area contributed by atoms with E-state index in [9.17, 15) is 0 Å². The van der Waals surface area contributed by atoms with Crippen LogP contribution in [0, 0.1) is 0 Å². The van der Waals surface area contributed by atoms with Crippen molar-refractivity contribution in [1.82, 2.24) is 4.48 Å². The van der Waals surface area contributed by atoms with Gasteiger partial charge in [-0.3, -0.25) is 4.48 Å². The van der Waals surface area contributed by atoms with Crippen LogP contribution in [0.15, 0.2) is 30.3 Å². The molecule has 0 aliphatic carbocycles. The topological polar surface area (TPSA) is 0 Å². The van der Waals surface area contributed by atoms with Crippen molar-refractivity contribution in [2.45, 2.75) is 0 Å². The zero-order chi connectivity index (χ0) is 7.61. The van der Waals surface area contributed by atoms with Gasteiger partial charge in [-0.05, 0) is 12.1 Å². The molecule has 0 fully saturated rings. The van der Waals surface area contributed by atoms with Gasteiger partial charge in [-0.15, -0.1) is 0 Å². The van der Waals surface area contributed by atoms with Crippen LogP contribution in [-0.2, 0) is 0 Å². The maximum atomic E-state index is 2.16. The summed E-state index contributed by atoms with van der Waals surface area (Å²) >= 11 is 0. The first-order valence-electron chi connectivity index (χ1n) is 3.48. The Kier molecular flexibility index (Phi) is 3.34. The minimum absolute atomic E-state index is 0. The molecule has 0 unspecified atom stereocenters. The normalized spacial score (nSPS) is 10.5. The largest absolute Gasteiger partial charge is 0.298 e. The SMILES string of the molecule is C[N+](C)(C)c1ccccc1.[B]. The van der Waals surface area contributed by atoms with Crippen molar-refractivity contribution in [3.8, 4) is 0 Å². The molecular weight excluding hydrogens is 133 g/mol. The van der Waals surface area contributed by atoms with Crippen molar-refractivity contribution in [2.75, 3.05) is 21.1 Å². The summed E-state index contributed by atoms with van der Waals surface area (Å²) in [6.45, 7) is 0. The number of hydrogen-bond donors (Lipinski definition) is 0. The molecule has 0 aliphatic rings. The highest BCUT2D eigenvalue weighted by Crippen LogP contribution is 2.14. The number of benzene rings is 1. The summed E-state index contributed by atoms with van der Waals surface area (Å²) in [5.41, 5.74) is 1.34. The van der Waals surface area contributed by atoms with E-state index < -0.39 is 0 Å². The summed E-state index contributed by atoms with van der Waals surface area (Å²) in [7, 11) is 6.49. The molecule has 0 bridgehead atoms. The molecule has 0 saturated carbocycles. The highest BCUT2D eigenvalue weighted by Gasteiger charge is 2.08. The minimum Gasteiger partial charge on any atom is -0.298 e. The fraction of sp³-hybridized carbons (Fsp3) is 0.333. The number of quaternary nitrogens is 1. The van der Waals surface area contributed by atoms with Crippen LogP contribution in [0.1, 0.15) is 0 Å². The van der Waals surface area contributed by atoms with Crippen LogP contribution in [0.3, 0.4) is 0 Å². The lowest BCUT2D eigenvalue weighted by atomic mass is 10.3. The highest BCUT2D eigenvalue weighted by atomic mass is 15.3. The Labute approximate surface area is 70.8 Å². The lowest BCUT2D eigenvalue weighted by Crippen LogP contribution is -2.34. The molecular formula is C9H14BN+. The van der Waals surface area contributed by atoms with Crippen molar-refractivity contribution in [3.63, 3.8) is 0 Å². The summed E-state index contributed by atoms with van der Waals surface area (Å²) in [6.07, 6.45) is 0. The summed E-state index contributed by atoms with van der Waals surface area (Å²) in [6, 6.07) is 10.5. The third-order valence-electron chi connectivity index (χ3n) is 1.53. The zero-order valence-electron chi connectivity index (χ0n) is 7.41. The molecule has 2 heteroatoms. The molecule has 1 aromatic rings. The second kappa shape index (κ2) is 3.58. The fourth-order valence-corrected chi connectivity index (χ4v) is 0.875.